The third-order valence-electron chi connectivity index (χ3n) is 2.60. The predicted octanol–water partition coefficient (Wildman–Crippen LogP) is 4.28. The maximum absolute atomic E-state index is 4.33. The monoisotopic (exact) mass is 293 g/mol. The van der Waals surface area contributed by atoms with Gasteiger partial charge in [-0.15, -0.1) is 0 Å². The fourth-order valence-electron chi connectivity index (χ4n) is 1.67. The first-order chi connectivity index (χ1) is 8.08. The second kappa shape index (κ2) is 4.92. The van der Waals surface area contributed by atoms with Gasteiger partial charge in [0.1, 0.15) is 0 Å². The number of halogens is 1. The molecule has 1 aromatic carbocycles. The van der Waals surface area contributed by atoms with Crippen LogP contribution in [0.3, 0.4) is 0 Å². The quantitative estimate of drug-likeness (QED) is 0.915. The van der Waals surface area contributed by atoms with Gasteiger partial charge >= 0.3 is 0 Å². The fourth-order valence-corrected chi connectivity index (χ4v) is 2.26. The molecule has 0 aliphatic heterocycles. The fraction of sp³-hybridized carbons (Fsp3) is 0.308. The molecule has 0 aliphatic rings. The largest absolute Gasteiger partial charge is 0.325 e. The molecule has 2 rings (SSSR count). The van der Waals surface area contributed by atoms with E-state index in [9.17, 15) is 0 Å². The van der Waals surface area contributed by atoms with Crippen molar-refractivity contribution >= 4 is 27.6 Å². The number of aryl methyl sites for hydroxylation is 1. The van der Waals surface area contributed by atoms with Crippen LogP contribution >= 0.6 is 15.9 Å². The standard InChI is InChI=1S/C13H16BrN3/c1-9(2)17-7-6-15-13(17)16-12-5-4-10(3)8-11(12)14/h4-9H,1-3H3,(H,15,16). The smallest absolute Gasteiger partial charge is 0.207 e. The minimum Gasteiger partial charge on any atom is -0.325 e. The maximum Gasteiger partial charge on any atom is 0.207 e. The van der Waals surface area contributed by atoms with E-state index in [4.69, 9.17) is 0 Å². The molecule has 1 aromatic heterocycles. The van der Waals surface area contributed by atoms with Crippen molar-refractivity contribution in [3.05, 3.63) is 40.6 Å². The van der Waals surface area contributed by atoms with Gasteiger partial charge in [0.2, 0.25) is 5.95 Å². The van der Waals surface area contributed by atoms with E-state index in [1.54, 1.807) is 0 Å². The van der Waals surface area contributed by atoms with Crippen molar-refractivity contribution in [2.24, 2.45) is 0 Å². The van der Waals surface area contributed by atoms with Gasteiger partial charge < -0.3 is 9.88 Å². The number of nitrogens with one attached hydrogen (secondary N) is 1. The number of benzene rings is 1. The summed E-state index contributed by atoms with van der Waals surface area (Å²) in [6.07, 6.45) is 3.79. The topological polar surface area (TPSA) is 29.9 Å². The summed E-state index contributed by atoms with van der Waals surface area (Å²) >= 11 is 3.55. The minimum absolute atomic E-state index is 0.393. The summed E-state index contributed by atoms with van der Waals surface area (Å²) in [4.78, 5) is 4.33. The van der Waals surface area contributed by atoms with Gasteiger partial charge in [-0.3, -0.25) is 0 Å². The second-order valence-corrected chi connectivity index (χ2v) is 5.21. The van der Waals surface area contributed by atoms with Crippen molar-refractivity contribution in [3.8, 4) is 0 Å². The van der Waals surface area contributed by atoms with Crippen LogP contribution in [0.1, 0.15) is 25.5 Å². The number of nitrogens with zero attached hydrogens (tertiary/aromatic N) is 2. The number of imidazole rings is 1. The van der Waals surface area contributed by atoms with Crippen LogP contribution in [0.15, 0.2) is 35.1 Å². The highest BCUT2D eigenvalue weighted by atomic mass is 79.9. The van der Waals surface area contributed by atoms with Gasteiger partial charge in [-0.1, -0.05) is 6.07 Å². The first kappa shape index (κ1) is 12.2. The Morgan fingerprint density at radius 3 is 2.76 bits per heavy atom. The Balaban J connectivity index is 2.28. The molecule has 0 saturated carbocycles. The van der Waals surface area contributed by atoms with E-state index < -0.39 is 0 Å². The molecule has 90 valence electrons. The number of anilines is 2. The van der Waals surface area contributed by atoms with Crippen LogP contribution in [0.4, 0.5) is 11.6 Å². The van der Waals surface area contributed by atoms with Crippen LogP contribution in [0.2, 0.25) is 0 Å². The lowest BCUT2D eigenvalue weighted by Gasteiger charge is -2.13. The Kier molecular flexibility index (Phi) is 3.52. The Hall–Kier alpha value is -1.29. The van der Waals surface area contributed by atoms with Gasteiger partial charge in [0.15, 0.2) is 0 Å². The van der Waals surface area contributed by atoms with E-state index in [1.165, 1.54) is 5.56 Å². The minimum atomic E-state index is 0.393. The summed E-state index contributed by atoms with van der Waals surface area (Å²) in [5.41, 5.74) is 2.26. The average molecular weight is 294 g/mol. The highest BCUT2D eigenvalue weighted by Crippen LogP contribution is 2.27. The summed E-state index contributed by atoms with van der Waals surface area (Å²) in [5.74, 6) is 0.865. The normalized spacial score (nSPS) is 10.9. The van der Waals surface area contributed by atoms with Gasteiger partial charge in [0.25, 0.3) is 0 Å². The highest BCUT2D eigenvalue weighted by molar-refractivity contribution is 9.10. The van der Waals surface area contributed by atoms with Crippen LogP contribution in [0.25, 0.3) is 0 Å². The van der Waals surface area contributed by atoms with Crippen LogP contribution in [-0.4, -0.2) is 9.55 Å². The van der Waals surface area contributed by atoms with E-state index in [-0.39, 0.29) is 0 Å². The van der Waals surface area contributed by atoms with E-state index in [1.807, 2.05) is 12.4 Å². The van der Waals surface area contributed by atoms with E-state index in [2.05, 4.69) is 69.8 Å². The van der Waals surface area contributed by atoms with Crippen LogP contribution in [-0.2, 0) is 0 Å². The highest BCUT2D eigenvalue weighted by Gasteiger charge is 2.07. The van der Waals surface area contributed by atoms with Crippen LogP contribution < -0.4 is 5.32 Å². The molecule has 0 atom stereocenters. The Labute approximate surface area is 110 Å². The molecule has 1 N–H and O–H groups in total. The van der Waals surface area contributed by atoms with Gasteiger partial charge in [-0.25, -0.2) is 4.98 Å². The molecule has 0 radical (unpaired) electrons. The zero-order valence-electron chi connectivity index (χ0n) is 10.2. The summed E-state index contributed by atoms with van der Waals surface area (Å²) < 4.78 is 3.16. The average Bonchev–Trinajstić information content (AvgIpc) is 2.70. The van der Waals surface area contributed by atoms with Crippen molar-refractivity contribution in [2.75, 3.05) is 5.32 Å². The van der Waals surface area contributed by atoms with Crippen molar-refractivity contribution in [1.29, 1.82) is 0 Å². The Morgan fingerprint density at radius 2 is 2.12 bits per heavy atom. The van der Waals surface area contributed by atoms with Crippen molar-refractivity contribution < 1.29 is 0 Å². The zero-order valence-corrected chi connectivity index (χ0v) is 11.8. The molecule has 3 nitrogen and oxygen atoms in total. The molecule has 2 aromatic rings. The van der Waals surface area contributed by atoms with Gasteiger partial charge in [-0.05, 0) is 54.4 Å². The molecular weight excluding hydrogens is 278 g/mol. The van der Waals surface area contributed by atoms with E-state index in [0.717, 1.165) is 16.1 Å². The summed E-state index contributed by atoms with van der Waals surface area (Å²) in [6, 6.07) is 6.61. The number of hydrogen-bond donors (Lipinski definition) is 1. The summed E-state index contributed by atoms with van der Waals surface area (Å²) in [6.45, 7) is 6.34. The zero-order chi connectivity index (χ0) is 12.4. The lowest BCUT2D eigenvalue weighted by molar-refractivity contribution is 0.608. The van der Waals surface area contributed by atoms with Crippen molar-refractivity contribution in [2.45, 2.75) is 26.8 Å². The number of aromatic nitrogens is 2. The molecule has 0 fully saturated rings. The molecule has 0 bridgehead atoms. The number of hydrogen-bond acceptors (Lipinski definition) is 2. The molecular formula is C13H16BrN3. The molecule has 1 heterocycles. The molecule has 0 saturated heterocycles. The van der Waals surface area contributed by atoms with E-state index >= 15 is 0 Å². The van der Waals surface area contributed by atoms with E-state index in [0.29, 0.717) is 6.04 Å². The lowest BCUT2D eigenvalue weighted by atomic mass is 10.2. The van der Waals surface area contributed by atoms with Crippen molar-refractivity contribution in [1.82, 2.24) is 9.55 Å². The molecule has 0 amide bonds. The summed E-state index contributed by atoms with van der Waals surface area (Å²) in [5, 5.41) is 3.33. The Bertz CT molecular complexity index is 517. The van der Waals surface area contributed by atoms with Crippen LogP contribution in [0, 0.1) is 6.92 Å². The Morgan fingerprint density at radius 1 is 1.35 bits per heavy atom. The molecule has 4 heteroatoms. The molecule has 0 spiro atoms. The molecule has 17 heavy (non-hydrogen) atoms. The third-order valence-corrected chi connectivity index (χ3v) is 3.25. The number of rotatable bonds is 3. The molecule has 0 unspecified atom stereocenters. The van der Waals surface area contributed by atoms with Crippen molar-refractivity contribution in [3.63, 3.8) is 0 Å². The molecule has 0 aliphatic carbocycles. The third kappa shape index (κ3) is 2.69. The van der Waals surface area contributed by atoms with Crippen LogP contribution in [0.5, 0.6) is 0 Å². The second-order valence-electron chi connectivity index (χ2n) is 4.36. The van der Waals surface area contributed by atoms with Gasteiger partial charge in [0.05, 0.1) is 5.69 Å². The first-order valence-electron chi connectivity index (χ1n) is 5.64. The van der Waals surface area contributed by atoms with Gasteiger partial charge in [-0.2, -0.15) is 0 Å². The van der Waals surface area contributed by atoms with Gasteiger partial charge in [0, 0.05) is 22.9 Å². The lowest BCUT2D eigenvalue weighted by Crippen LogP contribution is -2.05. The predicted molar refractivity (Wildman–Crippen MR) is 74.8 cm³/mol. The summed E-state index contributed by atoms with van der Waals surface area (Å²) in [7, 11) is 0. The maximum atomic E-state index is 4.33. The SMILES string of the molecule is Cc1ccc(Nc2nccn2C(C)C)c(Br)c1. The first-order valence-corrected chi connectivity index (χ1v) is 6.43.